The Morgan fingerprint density at radius 2 is 2.07 bits per heavy atom. The van der Waals surface area contributed by atoms with Gasteiger partial charge in [-0.2, -0.15) is 0 Å². The number of tetrazole rings is 1. The molecule has 150 valence electrons. The quantitative estimate of drug-likeness (QED) is 0.630. The van der Waals surface area contributed by atoms with Crippen molar-refractivity contribution in [2.24, 2.45) is 0 Å². The lowest BCUT2D eigenvalue weighted by Crippen LogP contribution is -2.08. The highest BCUT2D eigenvalue weighted by atomic mass is 19.3. The molecular weight excluding hydrogens is 372 g/mol. The van der Waals surface area contributed by atoms with Gasteiger partial charge in [0.1, 0.15) is 12.0 Å². The molecule has 11 heteroatoms. The Morgan fingerprint density at radius 3 is 2.71 bits per heavy atom. The van der Waals surface area contributed by atoms with Crippen LogP contribution in [0.5, 0.6) is 0 Å². The molecule has 0 saturated carbocycles. The number of halogens is 2. The summed E-state index contributed by atoms with van der Waals surface area (Å²) in [4.78, 5) is 0. The van der Waals surface area contributed by atoms with Crippen LogP contribution in [0.15, 0.2) is 40.8 Å². The lowest BCUT2D eigenvalue weighted by atomic mass is 10.1. The molecule has 0 amide bonds. The van der Waals surface area contributed by atoms with Crippen LogP contribution in [0, 0.1) is 0 Å². The van der Waals surface area contributed by atoms with Crippen LogP contribution in [-0.2, 0) is 6.54 Å². The molecule has 0 saturated heterocycles. The van der Waals surface area contributed by atoms with E-state index in [1.807, 2.05) is 13.8 Å². The molecule has 2 aromatic heterocycles. The Hall–Kier alpha value is -3.21. The number of aliphatic hydroxyl groups is 1. The van der Waals surface area contributed by atoms with Crippen molar-refractivity contribution in [3.05, 3.63) is 53.1 Å². The zero-order chi connectivity index (χ0) is 20.5. The van der Waals surface area contributed by atoms with E-state index in [0.717, 1.165) is 19.1 Å². The van der Waals surface area contributed by atoms with E-state index in [1.165, 1.54) is 23.1 Å². The molecular formula is C17H21F2N7O2. The molecule has 0 unspecified atom stereocenters. The van der Waals surface area contributed by atoms with Crippen LogP contribution in [0.4, 0.5) is 14.5 Å². The smallest absolute Gasteiger partial charge is 0.263 e. The van der Waals surface area contributed by atoms with E-state index in [-0.39, 0.29) is 12.1 Å². The molecule has 0 aliphatic rings. The van der Waals surface area contributed by atoms with E-state index in [0.29, 0.717) is 22.8 Å². The van der Waals surface area contributed by atoms with Gasteiger partial charge in [0.05, 0.1) is 12.2 Å². The summed E-state index contributed by atoms with van der Waals surface area (Å²) in [6.07, 6.45) is -0.359. The van der Waals surface area contributed by atoms with E-state index in [2.05, 4.69) is 31.2 Å². The number of hydrogen-bond donors (Lipinski definition) is 2. The largest absolute Gasteiger partial charge is 0.400 e. The van der Waals surface area contributed by atoms with E-state index in [9.17, 15) is 8.78 Å². The molecule has 0 atom stereocenters. The summed E-state index contributed by atoms with van der Waals surface area (Å²) in [6, 6.07) is 6.07. The predicted molar refractivity (Wildman–Crippen MR) is 97.3 cm³/mol. The molecule has 0 spiro atoms. The maximum absolute atomic E-state index is 13.0. The van der Waals surface area contributed by atoms with Crippen molar-refractivity contribution >= 4 is 11.4 Å². The van der Waals surface area contributed by atoms with Crippen LogP contribution in [-0.4, -0.2) is 42.7 Å². The number of aromatic nitrogens is 6. The average Bonchev–Trinajstić information content (AvgIpc) is 3.40. The summed E-state index contributed by atoms with van der Waals surface area (Å²) >= 11 is 0. The van der Waals surface area contributed by atoms with Gasteiger partial charge < -0.3 is 10.4 Å². The number of alkyl halides is 2. The normalized spacial score (nSPS) is 11.7. The van der Waals surface area contributed by atoms with Gasteiger partial charge in [-0.25, -0.2) is 18.1 Å². The fourth-order valence-corrected chi connectivity index (χ4v) is 2.35. The second kappa shape index (κ2) is 10.2. The zero-order valence-electron chi connectivity index (χ0n) is 15.7. The second-order valence-electron chi connectivity index (χ2n) is 5.63. The molecule has 9 nitrogen and oxygen atoms in total. The first-order chi connectivity index (χ1) is 13.6. The van der Waals surface area contributed by atoms with Crippen molar-refractivity contribution in [1.29, 1.82) is 0 Å². The van der Waals surface area contributed by atoms with Gasteiger partial charge in [0.15, 0.2) is 5.69 Å². The minimum atomic E-state index is -2.54. The van der Waals surface area contributed by atoms with Gasteiger partial charge in [0.2, 0.25) is 0 Å². The molecule has 0 aliphatic heterocycles. The van der Waals surface area contributed by atoms with Crippen LogP contribution < -0.4 is 5.32 Å². The summed E-state index contributed by atoms with van der Waals surface area (Å²) in [6.45, 7) is 4.18. The monoisotopic (exact) mass is 393 g/mol. The van der Waals surface area contributed by atoms with Gasteiger partial charge >= 0.3 is 0 Å². The molecule has 0 bridgehead atoms. The number of nitrogens with one attached hydrogen (secondary N) is 1. The van der Waals surface area contributed by atoms with Crippen LogP contribution in [0.1, 0.15) is 43.6 Å². The highest BCUT2D eigenvalue weighted by molar-refractivity contribution is 5.78. The van der Waals surface area contributed by atoms with Gasteiger partial charge in [-0.05, 0) is 46.6 Å². The number of anilines is 1. The Bertz CT molecular complexity index is 895. The maximum atomic E-state index is 13.0. The molecule has 28 heavy (non-hydrogen) atoms. The van der Waals surface area contributed by atoms with Gasteiger partial charge in [0, 0.05) is 18.4 Å². The van der Waals surface area contributed by atoms with Crippen LogP contribution in [0.25, 0.3) is 5.70 Å². The highest BCUT2D eigenvalue weighted by Gasteiger charge is 2.18. The van der Waals surface area contributed by atoms with Crippen molar-refractivity contribution in [2.75, 3.05) is 12.4 Å². The maximum Gasteiger partial charge on any atom is 0.263 e. The first kappa shape index (κ1) is 21.1. The van der Waals surface area contributed by atoms with Crippen molar-refractivity contribution in [1.82, 2.24) is 30.5 Å². The topological polar surface area (TPSA) is 115 Å². The van der Waals surface area contributed by atoms with Crippen LogP contribution in [0.3, 0.4) is 0 Å². The Balaban J connectivity index is 0.00000136. The SMILES string of the molecule is CC/C(C)=C(/Nc1cccc(C(F)F)c1)c1nonc1Cn1cnnn1.CO. The van der Waals surface area contributed by atoms with Crippen LogP contribution >= 0.6 is 0 Å². The fourth-order valence-electron chi connectivity index (χ4n) is 2.35. The van der Waals surface area contributed by atoms with Crippen molar-refractivity contribution in [3.63, 3.8) is 0 Å². The molecule has 0 radical (unpaired) electrons. The molecule has 1 aromatic carbocycles. The molecule has 3 aromatic rings. The number of allylic oxidation sites excluding steroid dienone is 1. The predicted octanol–water partition coefficient (Wildman–Crippen LogP) is 2.90. The van der Waals surface area contributed by atoms with Crippen molar-refractivity contribution in [3.8, 4) is 0 Å². The lowest BCUT2D eigenvalue weighted by molar-refractivity contribution is 0.151. The Morgan fingerprint density at radius 1 is 1.29 bits per heavy atom. The summed E-state index contributed by atoms with van der Waals surface area (Å²) in [5, 5.41) is 29.0. The Kier molecular flexibility index (Phi) is 7.69. The second-order valence-corrected chi connectivity index (χ2v) is 5.63. The average molecular weight is 393 g/mol. The number of benzene rings is 1. The van der Waals surface area contributed by atoms with E-state index >= 15 is 0 Å². The molecule has 2 heterocycles. The fraction of sp³-hybridized carbons (Fsp3) is 0.353. The van der Waals surface area contributed by atoms with Gasteiger partial charge in [-0.3, -0.25) is 0 Å². The van der Waals surface area contributed by atoms with E-state index in [4.69, 9.17) is 9.74 Å². The number of hydrogen-bond acceptors (Lipinski definition) is 8. The molecule has 0 fully saturated rings. The van der Waals surface area contributed by atoms with E-state index in [1.54, 1.807) is 12.1 Å². The third-order valence-electron chi connectivity index (χ3n) is 3.86. The van der Waals surface area contributed by atoms with Gasteiger partial charge in [0.25, 0.3) is 6.43 Å². The molecule has 0 aliphatic carbocycles. The number of nitrogens with zero attached hydrogens (tertiary/aromatic N) is 6. The van der Waals surface area contributed by atoms with Crippen molar-refractivity contribution < 1.29 is 18.5 Å². The van der Waals surface area contributed by atoms with Gasteiger partial charge in [-0.15, -0.1) is 5.10 Å². The summed E-state index contributed by atoms with van der Waals surface area (Å²) in [5.74, 6) is 0. The minimum Gasteiger partial charge on any atom is -0.400 e. The lowest BCUT2D eigenvalue weighted by Gasteiger charge is -2.14. The number of aliphatic hydroxyl groups excluding tert-OH is 1. The highest BCUT2D eigenvalue weighted by Crippen LogP contribution is 2.27. The third-order valence-corrected chi connectivity index (χ3v) is 3.86. The molecule has 3 rings (SSSR count). The summed E-state index contributed by atoms with van der Waals surface area (Å²) in [7, 11) is 1.00. The Labute approximate surface area is 160 Å². The van der Waals surface area contributed by atoms with Crippen molar-refractivity contribution in [2.45, 2.75) is 33.2 Å². The zero-order valence-corrected chi connectivity index (χ0v) is 15.7. The summed E-state index contributed by atoms with van der Waals surface area (Å²) in [5.41, 5.74) is 3.11. The standard InChI is InChI=1S/C16H17F2N7O.CH4O/c1-3-10(2)14(20-12-6-4-5-11(7-12)16(17)18)15-13(21-26-22-15)8-25-9-19-23-24-25;1-2/h4-7,9,16,20H,3,8H2,1-2H3;2H,1H3/b14-10+;. The molecule has 2 N–H and O–H groups in total. The minimum absolute atomic E-state index is 0.0595. The number of rotatable bonds is 7. The van der Waals surface area contributed by atoms with Gasteiger partial charge in [-0.1, -0.05) is 24.2 Å². The summed E-state index contributed by atoms with van der Waals surface area (Å²) < 4.78 is 32.3. The first-order valence-corrected chi connectivity index (χ1v) is 8.40. The van der Waals surface area contributed by atoms with E-state index < -0.39 is 6.43 Å². The third kappa shape index (κ3) is 5.16. The van der Waals surface area contributed by atoms with Crippen LogP contribution in [0.2, 0.25) is 0 Å². The first-order valence-electron chi connectivity index (χ1n) is 8.40.